The van der Waals surface area contributed by atoms with Crippen LogP contribution in [0.1, 0.15) is 10.4 Å². The second-order valence-corrected chi connectivity index (χ2v) is 5.28. The number of halogens is 3. The number of nitrogens with zero attached hydrogens (tertiary/aromatic N) is 1. The molecule has 3 rings (SSSR count). The summed E-state index contributed by atoms with van der Waals surface area (Å²) in [7, 11) is 0. The van der Waals surface area contributed by atoms with E-state index in [-0.39, 0.29) is 6.54 Å². The fraction of sp³-hybridized carbons (Fsp3) is 0.235. The van der Waals surface area contributed by atoms with Crippen molar-refractivity contribution in [1.82, 2.24) is 5.32 Å². The van der Waals surface area contributed by atoms with E-state index < -0.39 is 28.9 Å². The Morgan fingerprint density at radius 1 is 1.12 bits per heavy atom. The first-order valence-electron chi connectivity index (χ1n) is 7.46. The van der Waals surface area contributed by atoms with Crippen LogP contribution >= 0.6 is 0 Å². The summed E-state index contributed by atoms with van der Waals surface area (Å²) in [5.74, 6) is -4.47. The van der Waals surface area contributed by atoms with E-state index >= 15 is 0 Å². The fourth-order valence-electron chi connectivity index (χ4n) is 2.56. The van der Waals surface area contributed by atoms with Gasteiger partial charge in [0.05, 0.1) is 17.8 Å². The molecule has 7 heteroatoms. The molecule has 1 N–H and O–H groups in total. The van der Waals surface area contributed by atoms with Crippen LogP contribution in [-0.2, 0) is 0 Å². The van der Waals surface area contributed by atoms with Gasteiger partial charge in [0.15, 0.2) is 17.5 Å². The summed E-state index contributed by atoms with van der Waals surface area (Å²) in [5, 5.41) is 2.51. The highest BCUT2D eigenvalue weighted by atomic mass is 19.2. The van der Waals surface area contributed by atoms with Crippen LogP contribution in [0.5, 0.6) is 5.75 Å². The third-order valence-electron chi connectivity index (χ3n) is 3.77. The predicted octanol–water partition coefficient (Wildman–Crippen LogP) is 2.73. The highest BCUT2D eigenvalue weighted by Crippen LogP contribution is 2.30. The minimum absolute atomic E-state index is 0.228. The Morgan fingerprint density at radius 2 is 1.92 bits per heavy atom. The molecule has 2 aromatic rings. The van der Waals surface area contributed by atoms with Crippen LogP contribution in [0.4, 0.5) is 18.9 Å². The number of nitrogens with one attached hydrogen (secondary N) is 1. The van der Waals surface area contributed by atoms with Crippen molar-refractivity contribution in [3.05, 3.63) is 59.4 Å². The van der Waals surface area contributed by atoms with Gasteiger partial charge in [-0.25, -0.2) is 13.2 Å². The monoisotopic (exact) mass is 336 g/mol. The van der Waals surface area contributed by atoms with Crippen LogP contribution in [-0.4, -0.2) is 32.1 Å². The number of para-hydroxylation sites is 2. The Hall–Kier alpha value is -2.70. The molecule has 2 aromatic carbocycles. The van der Waals surface area contributed by atoms with E-state index in [0.717, 1.165) is 23.6 Å². The summed E-state index contributed by atoms with van der Waals surface area (Å²) in [6.07, 6.45) is 0. The summed E-state index contributed by atoms with van der Waals surface area (Å²) in [6, 6.07) is 9.17. The van der Waals surface area contributed by atoms with Gasteiger partial charge >= 0.3 is 0 Å². The van der Waals surface area contributed by atoms with Crippen molar-refractivity contribution >= 4 is 11.6 Å². The van der Waals surface area contributed by atoms with E-state index in [4.69, 9.17) is 4.74 Å². The Balaban J connectivity index is 1.61. The molecule has 24 heavy (non-hydrogen) atoms. The molecule has 0 saturated carbocycles. The van der Waals surface area contributed by atoms with Gasteiger partial charge < -0.3 is 15.0 Å². The van der Waals surface area contributed by atoms with E-state index in [1.54, 1.807) is 0 Å². The highest BCUT2D eigenvalue weighted by molar-refractivity contribution is 5.94. The van der Waals surface area contributed by atoms with Gasteiger partial charge in [-0.2, -0.15) is 0 Å². The summed E-state index contributed by atoms with van der Waals surface area (Å²) in [6.45, 7) is 1.90. The number of benzene rings is 2. The average Bonchev–Trinajstić information content (AvgIpc) is 2.60. The molecule has 0 radical (unpaired) electrons. The number of hydrogen-bond acceptors (Lipinski definition) is 3. The van der Waals surface area contributed by atoms with Crippen LogP contribution < -0.4 is 15.0 Å². The molecule has 0 aliphatic carbocycles. The number of amides is 1. The van der Waals surface area contributed by atoms with Gasteiger partial charge in [-0.15, -0.1) is 0 Å². The van der Waals surface area contributed by atoms with E-state index in [9.17, 15) is 18.0 Å². The fourth-order valence-corrected chi connectivity index (χ4v) is 2.56. The Bertz CT molecular complexity index is 767. The van der Waals surface area contributed by atoms with E-state index in [0.29, 0.717) is 19.7 Å². The number of rotatable bonds is 4. The van der Waals surface area contributed by atoms with Crippen LogP contribution in [0.15, 0.2) is 36.4 Å². The number of hydrogen-bond donors (Lipinski definition) is 1. The first-order valence-corrected chi connectivity index (χ1v) is 7.46. The zero-order chi connectivity index (χ0) is 17.1. The number of carbonyl (C=O) groups excluding carboxylic acids is 1. The van der Waals surface area contributed by atoms with Crippen molar-refractivity contribution in [2.75, 3.05) is 31.1 Å². The summed E-state index contributed by atoms with van der Waals surface area (Å²) >= 11 is 0. The minimum Gasteiger partial charge on any atom is -0.490 e. The first kappa shape index (κ1) is 16.2. The Morgan fingerprint density at radius 3 is 2.75 bits per heavy atom. The molecular weight excluding hydrogens is 321 g/mol. The number of anilines is 1. The smallest absolute Gasteiger partial charge is 0.254 e. The topological polar surface area (TPSA) is 41.6 Å². The molecule has 0 spiro atoms. The van der Waals surface area contributed by atoms with Gasteiger partial charge in [0.25, 0.3) is 5.91 Å². The number of fused-ring (bicyclic) bond motifs is 1. The zero-order valence-electron chi connectivity index (χ0n) is 12.7. The maximum absolute atomic E-state index is 13.6. The summed E-state index contributed by atoms with van der Waals surface area (Å²) in [5.41, 5.74) is 0.397. The molecular formula is C17H15F3N2O2. The molecule has 4 nitrogen and oxygen atoms in total. The normalized spacial score (nSPS) is 13.2. The van der Waals surface area contributed by atoms with Gasteiger partial charge in [-0.3, -0.25) is 4.79 Å². The lowest BCUT2D eigenvalue weighted by atomic mass is 10.2. The summed E-state index contributed by atoms with van der Waals surface area (Å²) in [4.78, 5) is 14.0. The van der Waals surface area contributed by atoms with Crippen LogP contribution in [0, 0.1) is 17.5 Å². The molecule has 1 heterocycles. The molecule has 126 valence electrons. The quantitative estimate of drug-likeness (QED) is 0.873. The second-order valence-electron chi connectivity index (χ2n) is 5.28. The van der Waals surface area contributed by atoms with Gasteiger partial charge in [0.2, 0.25) is 0 Å². The summed E-state index contributed by atoms with van der Waals surface area (Å²) < 4.78 is 45.2. The lowest BCUT2D eigenvalue weighted by molar-refractivity contribution is 0.0949. The van der Waals surface area contributed by atoms with Crippen LogP contribution in [0.25, 0.3) is 0 Å². The molecule has 0 atom stereocenters. The first-order chi connectivity index (χ1) is 11.6. The lowest BCUT2D eigenvalue weighted by Gasteiger charge is -2.31. The van der Waals surface area contributed by atoms with Gasteiger partial charge in [-0.1, -0.05) is 12.1 Å². The molecule has 1 aliphatic rings. The largest absolute Gasteiger partial charge is 0.490 e. The Kier molecular flexibility index (Phi) is 4.59. The second kappa shape index (κ2) is 6.82. The SMILES string of the molecule is O=C(NCCN1CCOc2ccccc21)c1ccc(F)c(F)c1F. The van der Waals surface area contributed by atoms with Crippen molar-refractivity contribution < 1.29 is 22.7 Å². The molecule has 0 unspecified atom stereocenters. The molecule has 0 saturated heterocycles. The number of ether oxygens (including phenoxy) is 1. The van der Waals surface area contributed by atoms with Gasteiger partial charge in [-0.05, 0) is 24.3 Å². The van der Waals surface area contributed by atoms with E-state index in [2.05, 4.69) is 5.32 Å². The van der Waals surface area contributed by atoms with Gasteiger partial charge in [0, 0.05) is 13.1 Å². The lowest BCUT2D eigenvalue weighted by Crippen LogP contribution is -2.39. The third-order valence-corrected chi connectivity index (χ3v) is 3.77. The third kappa shape index (κ3) is 3.15. The standard InChI is InChI=1S/C17H15F3N2O2/c18-12-6-5-11(15(19)16(12)20)17(23)21-7-8-22-9-10-24-14-4-2-1-3-13(14)22/h1-6H,7-10H2,(H,21,23). The van der Waals surface area contributed by atoms with Crippen LogP contribution in [0.2, 0.25) is 0 Å². The minimum atomic E-state index is -1.65. The molecule has 1 aliphatic heterocycles. The van der Waals surface area contributed by atoms with Crippen molar-refractivity contribution in [1.29, 1.82) is 0 Å². The van der Waals surface area contributed by atoms with Crippen molar-refractivity contribution in [2.24, 2.45) is 0 Å². The molecule has 0 bridgehead atoms. The van der Waals surface area contributed by atoms with E-state index in [1.807, 2.05) is 29.2 Å². The van der Waals surface area contributed by atoms with Gasteiger partial charge in [0.1, 0.15) is 12.4 Å². The van der Waals surface area contributed by atoms with Crippen molar-refractivity contribution in [3.63, 3.8) is 0 Å². The molecule has 0 aromatic heterocycles. The molecule has 0 fully saturated rings. The van der Waals surface area contributed by atoms with E-state index in [1.165, 1.54) is 0 Å². The van der Waals surface area contributed by atoms with Crippen molar-refractivity contribution in [2.45, 2.75) is 0 Å². The average molecular weight is 336 g/mol. The number of carbonyl (C=O) groups is 1. The highest BCUT2D eigenvalue weighted by Gasteiger charge is 2.20. The van der Waals surface area contributed by atoms with Crippen LogP contribution in [0.3, 0.4) is 0 Å². The predicted molar refractivity (Wildman–Crippen MR) is 82.8 cm³/mol. The molecule has 1 amide bonds. The maximum atomic E-state index is 13.6. The zero-order valence-corrected chi connectivity index (χ0v) is 12.7. The Labute approximate surface area is 136 Å². The maximum Gasteiger partial charge on any atom is 0.254 e. The van der Waals surface area contributed by atoms with Crippen molar-refractivity contribution in [3.8, 4) is 5.75 Å².